The van der Waals surface area contributed by atoms with Gasteiger partial charge in [0.25, 0.3) is 0 Å². The predicted octanol–water partition coefficient (Wildman–Crippen LogP) is 15.6. The van der Waals surface area contributed by atoms with Gasteiger partial charge in [0.15, 0.2) is 6.10 Å². The van der Waals surface area contributed by atoms with E-state index >= 15 is 0 Å². The molecule has 0 aliphatic heterocycles. The average molecular weight is 781 g/mol. The first-order chi connectivity index (χ1) is 27.6. The molecule has 0 bridgehead atoms. The van der Waals surface area contributed by atoms with E-state index in [1.807, 2.05) is 6.08 Å². The fraction of sp³-hybridized carbons (Fsp3) is 0.725. The van der Waals surface area contributed by atoms with Crippen LogP contribution in [0.4, 0.5) is 0 Å². The summed E-state index contributed by atoms with van der Waals surface area (Å²) in [6, 6.07) is 0. The largest absolute Gasteiger partial charge is 0.462 e. The van der Waals surface area contributed by atoms with Crippen molar-refractivity contribution in [3.63, 3.8) is 0 Å². The summed E-state index contributed by atoms with van der Waals surface area (Å²) in [5.41, 5.74) is 0. The van der Waals surface area contributed by atoms with E-state index in [0.717, 1.165) is 77.0 Å². The van der Waals surface area contributed by atoms with E-state index in [9.17, 15) is 9.59 Å². The minimum atomic E-state index is -0.570. The minimum Gasteiger partial charge on any atom is -0.462 e. The predicted molar refractivity (Wildman–Crippen MR) is 242 cm³/mol. The molecule has 0 aromatic carbocycles. The number of esters is 2. The Balaban J connectivity index is 4.37. The van der Waals surface area contributed by atoms with Crippen LogP contribution in [0.15, 0.2) is 72.9 Å². The first-order valence-corrected chi connectivity index (χ1v) is 23.5. The molecule has 0 N–H and O–H groups in total. The highest BCUT2D eigenvalue weighted by Crippen LogP contribution is 2.14. The SMILES string of the molecule is CC/C=C\C/C=C\C/C=C\C/C=C\CCC(=O)OCC(COCCCCCCCCCCCCCCCC)OC(=O)CCCCCCC/C=C\C/C=C\CCC. The molecule has 56 heavy (non-hydrogen) atoms. The second-order valence-corrected chi connectivity index (χ2v) is 15.3. The second kappa shape index (κ2) is 46.7. The second-order valence-electron chi connectivity index (χ2n) is 15.3. The van der Waals surface area contributed by atoms with Crippen molar-refractivity contribution in [3.8, 4) is 0 Å². The summed E-state index contributed by atoms with van der Waals surface area (Å²) >= 11 is 0. The lowest BCUT2D eigenvalue weighted by Gasteiger charge is -2.18. The quantitative estimate of drug-likeness (QED) is 0.0351. The highest BCUT2D eigenvalue weighted by molar-refractivity contribution is 5.70. The van der Waals surface area contributed by atoms with Crippen molar-refractivity contribution in [2.45, 2.75) is 219 Å². The molecule has 0 fully saturated rings. The molecule has 322 valence electrons. The molecule has 0 heterocycles. The Morgan fingerprint density at radius 2 is 0.875 bits per heavy atom. The van der Waals surface area contributed by atoms with Crippen LogP contribution in [0.2, 0.25) is 0 Å². The van der Waals surface area contributed by atoms with E-state index in [4.69, 9.17) is 14.2 Å². The summed E-state index contributed by atoms with van der Waals surface area (Å²) in [7, 11) is 0. The number of carbonyl (C=O) groups excluding carboxylic acids is 2. The molecule has 0 aromatic heterocycles. The summed E-state index contributed by atoms with van der Waals surface area (Å²) in [5.74, 6) is -0.506. The summed E-state index contributed by atoms with van der Waals surface area (Å²) in [6.07, 6.45) is 59.1. The van der Waals surface area contributed by atoms with Crippen LogP contribution in [0.3, 0.4) is 0 Å². The average Bonchev–Trinajstić information content (AvgIpc) is 3.20. The van der Waals surface area contributed by atoms with Crippen molar-refractivity contribution in [1.29, 1.82) is 0 Å². The summed E-state index contributed by atoms with van der Waals surface area (Å²) in [4.78, 5) is 25.2. The van der Waals surface area contributed by atoms with Crippen molar-refractivity contribution in [2.75, 3.05) is 19.8 Å². The maximum absolute atomic E-state index is 12.7. The minimum absolute atomic E-state index is 0.0411. The normalized spacial score (nSPS) is 12.8. The maximum atomic E-state index is 12.7. The molecule has 0 spiro atoms. The third-order valence-electron chi connectivity index (χ3n) is 9.72. The molecule has 0 rings (SSSR count). The lowest BCUT2D eigenvalue weighted by molar-refractivity contribution is -0.162. The van der Waals surface area contributed by atoms with Gasteiger partial charge in [0.05, 0.1) is 6.61 Å². The molecule has 5 nitrogen and oxygen atoms in total. The zero-order chi connectivity index (χ0) is 40.7. The van der Waals surface area contributed by atoms with E-state index < -0.39 is 6.10 Å². The molecule has 1 unspecified atom stereocenters. The molecule has 0 radical (unpaired) electrons. The zero-order valence-electron chi connectivity index (χ0n) is 36.9. The first-order valence-electron chi connectivity index (χ1n) is 23.5. The van der Waals surface area contributed by atoms with Gasteiger partial charge in [-0.25, -0.2) is 0 Å². The van der Waals surface area contributed by atoms with Gasteiger partial charge in [-0.2, -0.15) is 0 Å². The van der Waals surface area contributed by atoms with Crippen molar-refractivity contribution in [3.05, 3.63) is 72.9 Å². The van der Waals surface area contributed by atoms with E-state index in [-0.39, 0.29) is 25.2 Å². The number of allylic oxidation sites excluding steroid dienone is 12. The molecule has 0 saturated carbocycles. The Bertz CT molecular complexity index is 1020. The number of carbonyl (C=O) groups is 2. The van der Waals surface area contributed by atoms with Gasteiger partial charge < -0.3 is 14.2 Å². The van der Waals surface area contributed by atoms with E-state index in [1.165, 1.54) is 96.3 Å². The van der Waals surface area contributed by atoms with Crippen LogP contribution < -0.4 is 0 Å². The van der Waals surface area contributed by atoms with Crippen LogP contribution in [0.5, 0.6) is 0 Å². The lowest BCUT2D eigenvalue weighted by Crippen LogP contribution is -2.30. The maximum Gasteiger partial charge on any atom is 0.306 e. The van der Waals surface area contributed by atoms with Gasteiger partial charge >= 0.3 is 11.9 Å². The molecule has 0 saturated heterocycles. The van der Waals surface area contributed by atoms with Crippen LogP contribution in [-0.4, -0.2) is 37.9 Å². The Labute approximate surface area is 347 Å². The lowest BCUT2D eigenvalue weighted by atomic mass is 10.0. The number of ether oxygens (including phenoxy) is 3. The van der Waals surface area contributed by atoms with Gasteiger partial charge in [-0.05, 0) is 70.6 Å². The Kier molecular flexibility index (Phi) is 44.5. The van der Waals surface area contributed by atoms with E-state index in [0.29, 0.717) is 25.9 Å². The van der Waals surface area contributed by atoms with Crippen molar-refractivity contribution >= 4 is 11.9 Å². The summed E-state index contributed by atoms with van der Waals surface area (Å²) < 4.78 is 17.3. The standard InChI is InChI=1S/C51H88O5/c1-4-7-10-13-16-19-22-25-28-31-34-37-40-43-46-54-47-49(56-51(53)45-42-39-36-33-30-27-24-21-18-15-12-9-6-3)48-55-50(52)44-41-38-35-32-29-26-23-20-17-14-11-8-5-2/h8,11-12,15,17,20-21,24,26,29,35,38,49H,4-7,9-10,13-14,16,18-19,22-23,25,27-28,30-34,36-37,39-48H2,1-3H3/b11-8-,15-12-,20-17-,24-21-,29-26-,38-35-. The molecule has 0 aliphatic rings. The summed E-state index contributed by atoms with van der Waals surface area (Å²) in [6.45, 7) is 7.56. The van der Waals surface area contributed by atoms with Crippen molar-refractivity contribution in [1.82, 2.24) is 0 Å². The topological polar surface area (TPSA) is 61.8 Å². The smallest absolute Gasteiger partial charge is 0.306 e. The fourth-order valence-corrected chi connectivity index (χ4v) is 6.27. The number of unbranched alkanes of at least 4 members (excludes halogenated alkanes) is 19. The Hall–Kier alpha value is -2.66. The molecule has 0 aliphatic carbocycles. The Morgan fingerprint density at radius 1 is 0.411 bits per heavy atom. The van der Waals surface area contributed by atoms with Crippen LogP contribution in [0.25, 0.3) is 0 Å². The van der Waals surface area contributed by atoms with Gasteiger partial charge in [0.1, 0.15) is 6.61 Å². The van der Waals surface area contributed by atoms with E-state index in [1.54, 1.807) is 0 Å². The van der Waals surface area contributed by atoms with Crippen molar-refractivity contribution < 1.29 is 23.8 Å². The van der Waals surface area contributed by atoms with Crippen LogP contribution in [0.1, 0.15) is 213 Å². The molecule has 1 atom stereocenters. The summed E-state index contributed by atoms with van der Waals surface area (Å²) in [5, 5.41) is 0. The zero-order valence-corrected chi connectivity index (χ0v) is 36.9. The third-order valence-corrected chi connectivity index (χ3v) is 9.72. The van der Waals surface area contributed by atoms with Crippen molar-refractivity contribution in [2.24, 2.45) is 0 Å². The number of hydrogen-bond acceptors (Lipinski definition) is 5. The molecule has 5 heteroatoms. The third kappa shape index (κ3) is 44.1. The molecule has 0 aromatic rings. The monoisotopic (exact) mass is 781 g/mol. The molecular weight excluding hydrogens is 693 g/mol. The molecule has 0 amide bonds. The van der Waals surface area contributed by atoms with Gasteiger partial charge in [0, 0.05) is 19.4 Å². The Morgan fingerprint density at radius 3 is 1.43 bits per heavy atom. The van der Waals surface area contributed by atoms with Crippen LogP contribution in [-0.2, 0) is 23.8 Å². The van der Waals surface area contributed by atoms with Crippen LogP contribution >= 0.6 is 0 Å². The first kappa shape index (κ1) is 53.3. The number of rotatable bonds is 42. The molecular formula is C51H88O5. The van der Waals surface area contributed by atoms with Gasteiger partial charge in [-0.3, -0.25) is 9.59 Å². The van der Waals surface area contributed by atoms with Gasteiger partial charge in [0.2, 0.25) is 0 Å². The van der Waals surface area contributed by atoms with Gasteiger partial charge in [-0.1, -0.05) is 203 Å². The fourth-order valence-electron chi connectivity index (χ4n) is 6.27. The van der Waals surface area contributed by atoms with Gasteiger partial charge in [-0.15, -0.1) is 0 Å². The number of hydrogen-bond donors (Lipinski definition) is 0. The highest BCUT2D eigenvalue weighted by Gasteiger charge is 2.17. The highest BCUT2D eigenvalue weighted by atomic mass is 16.6. The van der Waals surface area contributed by atoms with Crippen LogP contribution in [0, 0.1) is 0 Å². The van der Waals surface area contributed by atoms with E-state index in [2.05, 4.69) is 87.6 Å².